The van der Waals surface area contributed by atoms with Crippen molar-refractivity contribution in [3.05, 3.63) is 0 Å². The van der Waals surface area contributed by atoms with Crippen LogP contribution in [0.5, 0.6) is 0 Å². The summed E-state index contributed by atoms with van der Waals surface area (Å²) < 4.78 is 38.1. The molecule has 0 atom stereocenters. The van der Waals surface area contributed by atoms with Crippen molar-refractivity contribution in [1.29, 1.82) is 0 Å². The molecule has 0 aliphatic heterocycles. The number of amides is 2. The fourth-order valence-corrected chi connectivity index (χ4v) is 0.230. The van der Waals surface area contributed by atoms with E-state index in [4.69, 9.17) is 0 Å². The quantitative estimate of drug-likeness (QED) is 0.520. The fraction of sp³-hybridized carbons (Fsp3) is 0.500. The largest absolute Gasteiger partial charge is 0.472 e. The molecule has 0 radical (unpaired) electrons. The zero-order chi connectivity index (χ0) is 9.78. The molecule has 0 aliphatic rings. The van der Waals surface area contributed by atoms with E-state index in [2.05, 4.69) is 4.74 Å². The van der Waals surface area contributed by atoms with Gasteiger partial charge in [0.1, 0.15) is 0 Å². The van der Waals surface area contributed by atoms with Gasteiger partial charge in [-0.3, -0.25) is 10.2 Å². The molecule has 0 aromatic rings. The first-order chi connectivity index (χ1) is 5.38. The standard InChI is InChI=1S/C4H5F3N2O3/c1-12-3(11)9-8-2(10)4(5,6)7/h1H3,(H,8,10)(H,9,11). The smallest absolute Gasteiger partial charge is 0.452 e. The van der Waals surface area contributed by atoms with Crippen LogP contribution in [0.3, 0.4) is 0 Å². The second-order valence-electron chi connectivity index (χ2n) is 1.57. The molecule has 0 saturated carbocycles. The van der Waals surface area contributed by atoms with Gasteiger partial charge in [0.2, 0.25) is 0 Å². The Morgan fingerprint density at radius 3 is 2.08 bits per heavy atom. The maximum atomic E-state index is 11.4. The molecular formula is C4H5F3N2O3. The topological polar surface area (TPSA) is 67.4 Å². The van der Waals surface area contributed by atoms with Gasteiger partial charge in [-0.1, -0.05) is 0 Å². The Hall–Kier alpha value is -1.47. The lowest BCUT2D eigenvalue weighted by Crippen LogP contribution is -2.47. The number of hydrazine groups is 1. The Bertz CT molecular complexity index is 190. The van der Waals surface area contributed by atoms with Crippen molar-refractivity contribution in [1.82, 2.24) is 10.9 Å². The third kappa shape index (κ3) is 3.64. The van der Waals surface area contributed by atoms with Gasteiger partial charge in [-0.05, 0) is 0 Å². The van der Waals surface area contributed by atoms with Crippen LogP contribution in [0.15, 0.2) is 0 Å². The highest BCUT2D eigenvalue weighted by Gasteiger charge is 2.38. The number of hydrogen-bond acceptors (Lipinski definition) is 3. The molecule has 8 heteroatoms. The molecule has 0 saturated heterocycles. The van der Waals surface area contributed by atoms with Crippen molar-refractivity contribution in [3.63, 3.8) is 0 Å². The van der Waals surface area contributed by atoms with Crippen molar-refractivity contribution in [3.8, 4) is 0 Å². The van der Waals surface area contributed by atoms with Gasteiger partial charge < -0.3 is 4.74 Å². The summed E-state index contributed by atoms with van der Waals surface area (Å²) in [5, 5.41) is 0. The predicted octanol–water partition coefficient (Wildman–Crippen LogP) is -0.0641. The van der Waals surface area contributed by atoms with Crippen LogP contribution in [0.1, 0.15) is 0 Å². The summed E-state index contributed by atoms with van der Waals surface area (Å²) in [7, 11) is 0.940. The Morgan fingerprint density at radius 2 is 1.75 bits per heavy atom. The van der Waals surface area contributed by atoms with Gasteiger partial charge in [-0.25, -0.2) is 10.2 Å². The maximum Gasteiger partial charge on any atom is 0.472 e. The summed E-state index contributed by atoms with van der Waals surface area (Å²) in [6, 6.07) is 0. The highest BCUT2D eigenvalue weighted by molar-refractivity contribution is 5.83. The lowest BCUT2D eigenvalue weighted by Gasteiger charge is -2.07. The summed E-state index contributed by atoms with van der Waals surface area (Å²) in [6.07, 6.45) is -6.21. The van der Waals surface area contributed by atoms with Crippen LogP contribution in [-0.2, 0) is 9.53 Å². The maximum absolute atomic E-state index is 11.4. The molecule has 0 aromatic carbocycles. The SMILES string of the molecule is COC(=O)NNC(=O)C(F)(F)F. The van der Waals surface area contributed by atoms with Gasteiger partial charge in [0.05, 0.1) is 7.11 Å². The van der Waals surface area contributed by atoms with Crippen molar-refractivity contribution < 1.29 is 27.5 Å². The molecule has 0 unspecified atom stereocenters. The number of halogens is 3. The van der Waals surface area contributed by atoms with Gasteiger partial charge in [-0.15, -0.1) is 0 Å². The van der Waals surface area contributed by atoms with Crippen molar-refractivity contribution in [2.75, 3.05) is 7.11 Å². The van der Waals surface area contributed by atoms with E-state index < -0.39 is 18.2 Å². The average molecular weight is 186 g/mol. The Morgan fingerprint density at radius 1 is 1.25 bits per heavy atom. The first kappa shape index (κ1) is 10.5. The molecule has 0 aromatic heterocycles. The zero-order valence-corrected chi connectivity index (χ0v) is 5.86. The minimum Gasteiger partial charge on any atom is -0.452 e. The fourth-order valence-electron chi connectivity index (χ4n) is 0.230. The number of alkyl halides is 3. The van der Waals surface area contributed by atoms with Gasteiger partial charge in [0.15, 0.2) is 0 Å². The third-order valence-corrected chi connectivity index (χ3v) is 0.721. The van der Waals surface area contributed by atoms with E-state index in [1.54, 1.807) is 0 Å². The van der Waals surface area contributed by atoms with Crippen LogP contribution in [-0.4, -0.2) is 25.3 Å². The number of ether oxygens (including phenoxy) is 1. The van der Waals surface area contributed by atoms with E-state index in [-0.39, 0.29) is 0 Å². The van der Waals surface area contributed by atoms with Crippen LogP contribution in [0.2, 0.25) is 0 Å². The molecule has 0 aliphatic carbocycles. The monoisotopic (exact) mass is 186 g/mol. The first-order valence-electron chi connectivity index (χ1n) is 2.59. The minimum atomic E-state index is -5.03. The first-order valence-corrected chi connectivity index (χ1v) is 2.59. The molecule has 12 heavy (non-hydrogen) atoms. The van der Waals surface area contributed by atoms with Gasteiger partial charge >= 0.3 is 18.2 Å². The summed E-state index contributed by atoms with van der Waals surface area (Å²) in [5.74, 6) is -2.27. The molecule has 0 fully saturated rings. The van der Waals surface area contributed by atoms with Crippen LogP contribution in [0.25, 0.3) is 0 Å². The number of methoxy groups -OCH3 is 1. The second kappa shape index (κ2) is 3.79. The summed E-state index contributed by atoms with van der Waals surface area (Å²) in [5.41, 5.74) is 2.44. The van der Waals surface area contributed by atoms with Crippen LogP contribution < -0.4 is 10.9 Å². The molecule has 0 rings (SSSR count). The number of rotatable bonds is 0. The zero-order valence-electron chi connectivity index (χ0n) is 5.86. The van der Waals surface area contributed by atoms with Crippen molar-refractivity contribution in [2.24, 2.45) is 0 Å². The van der Waals surface area contributed by atoms with E-state index in [1.807, 2.05) is 0 Å². The highest BCUT2D eigenvalue weighted by atomic mass is 19.4. The third-order valence-electron chi connectivity index (χ3n) is 0.721. The molecular weight excluding hydrogens is 181 g/mol. The highest BCUT2D eigenvalue weighted by Crippen LogP contribution is 2.13. The molecule has 0 heterocycles. The van der Waals surface area contributed by atoms with E-state index in [1.165, 1.54) is 5.43 Å². The Balaban J connectivity index is 3.81. The molecule has 2 N–H and O–H groups in total. The van der Waals surface area contributed by atoms with E-state index in [9.17, 15) is 22.8 Å². The molecule has 5 nitrogen and oxygen atoms in total. The van der Waals surface area contributed by atoms with Crippen molar-refractivity contribution >= 4 is 12.0 Å². The number of hydrogen-bond donors (Lipinski definition) is 2. The lowest BCUT2D eigenvalue weighted by atomic mass is 10.6. The minimum absolute atomic E-state index is 0.940. The van der Waals surface area contributed by atoms with E-state index >= 15 is 0 Å². The number of carbonyl (C=O) groups is 2. The predicted molar refractivity (Wildman–Crippen MR) is 29.7 cm³/mol. The summed E-state index contributed by atoms with van der Waals surface area (Å²) in [6.45, 7) is 0. The Kier molecular flexibility index (Phi) is 3.32. The number of nitrogens with one attached hydrogen (secondary N) is 2. The summed E-state index contributed by atoms with van der Waals surface area (Å²) >= 11 is 0. The van der Waals surface area contributed by atoms with Gasteiger partial charge in [0, 0.05) is 0 Å². The average Bonchev–Trinajstić information content (AvgIpc) is 1.97. The van der Waals surface area contributed by atoms with Gasteiger partial charge in [0.25, 0.3) is 0 Å². The van der Waals surface area contributed by atoms with E-state index in [0.717, 1.165) is 12.5 Å². The lowest BCUT2D eigenvalue weighted by molar-refractivity contribution is -0.174. The number of carbonyl (C=O) groups excluding carboxylic acids is 2. The van der Waals surface area contributed by atoms with E-state index in [0.29, 0.717) is 0 Å². The second-order valence-corrected chi connectivity index (χ2v) is 1.57. The molecule has 70 valence electrons. The van der Waals surface area contributed by atoms with Crippen LogP contribution in [0.4, 0.5) is 18.0 Å². The van der Waals surface area contributed by atoms with Crippen LogP contribution in [0, 0.1) is 0 Å². The van der Waals surface area contributed by atoms with Crippen molar-refractivity contribution in [2.45, 2.75) is 6.18 Å². The van der Waals surface area contributed by atoms with Gasteiger partial charge in [-0.2, -0.15) is 13.2 Å². The molecule has 0 bridgehead atoms. The normalized spacial score (nSPS) is 10.3. The summed E-state index contributed by atoms with van der Waals surface area (Å²) in [4.78, 5) is 20.1. The Labute approximate surface area is 64.8 Å². The molecule has 2 amide bonds. The van der Waals surface area contributed by atoms with Crippen LogP contribution >= 0.6 is 0 Å². The molecule has 0 spiro atoms.